The third kappa shape index (κ3) is 6.11. The summed E-state index contributed by atoms with van der Waals surface area (Å²) >= 11 is 5.82. The van der Waals surface area contributed by atoms with Crippen molar-refractivity contribution in [3.63, 3.8) is 0 Å². The molecule has 1 aliphatic heterocycles. The number of aromatic nitrogens is 1. The zero-order valence-electron chi connectivity index (χ0n) is 18.3. The Bertz CT molecular complexity index is 1150. The number of amides is 4. The van der Waals surface area contributed by atoms with Crippen molar-refractivity contribution >= 4 is 46.6 Å². The van der Waals surface area contributed by atoms with Gasteiger partial charge in [0, 0.05) is 42.1 Å². The van der Waals surface area contributed by atoms with E-state index in [0.29, 0.717) is 53.7 Å². The molecule has 3 aromatic rings. The van der Waals surface area contributed by atoms with Crippen LogP contribution >= 0.6 is 11.6 Å². The standard InChI is InChI=1S/C25H24ClN5O3/c26-19-8-11-22(27-16-19)30-23(32)17-12-14-31(15-13-17)24(33)18-6-9-21(10-7-18)29-25(34)28-20-4-2-1-3-5-20/h1-11,16-17H,12-15H2,(H,27,30,32)(H2,28,29,34). The molecule has 4 rings (SSSR count). The lowest BCUT2D eigenvalue weighted by atomic mass is 9.95. The van der Waals surface area contributed by atoms with Crippen LogP contribution in [0.15, 0.2) is 72.9 Å². The largest absolute Gasteiger partial charge is 0.339 e. The SMILES string of the molecule is O=C(Nc1ccccc1)Nc1ccc(C(=O)N2CCC(C(=O)Nc3ccc(Cl)cn3)CC2)cc1. The highest BCUT2D eigenvalue weighted by molar-refractivity contribution is 6.30. The molecule has 0 bridgehead atoms. The van der Waals surface area contributed by atoms with Crippen molar-refractivity contribution in [1.82, 2.24) is 9.88 Å². The number of para-hydroxylation sites is 1. The van der Waals surface area contributed by atoms with Crippen LogP contribution < -0.4 is 16.0 Å². The molecule has 2 aromatic carbocycles. The predicted molar refractivity (Wildman–Crippen MR) is 132 cm³/mol. The molecule has 1 saturated heterocycles. The predicted octanol–water partition coefficient (Wildman–Crippen LogP) is 4.87. The van der Waals surface area contributed by atoms with E-state index in [4.69, 9.17) is 11.6 Å². The van der Waals surface area contributed by atoms with Crippen molar-refractivity contribution < 1.29 is 14.4 Å². The number of rotatable bonds is 5. The van der Waals surface area contributed by atoms with Gasteiger partial charge in [0.15, 0.2) is 0 Å². The van der Waals surface area contributed by atoms with Crippen LogP contribution in [0.3, 0.4) is 0 Å². The average Bonchev–Trinajstić information content (AvgIpc) is 2.86. The maximum Gasteiger partial charge on any atom is 0.323 e. The van der Waals surface area contributed by atoms with E-state index in [2.05, 4.69) is 20.9 Å². The molecule has 0 spiro atoms. The van der Waals surface area contributed by atoms with Crippen molar-refractivity contribution in [3.8, 4) is 0 Å². The lowest BCUT2D eigenvalue weighted by Gasteiger charge is -2.31. The molecule has 4 amide bonds. The number of hydrogen-bond acceptors (Lipinski definition) is 4. The number of likely N-dealkylation sites (tertiary alicyclic amines) is 1. The van der Waals surface area contributed by atoms with Gasteiger partial charge in [-0.05, 0) is 61.4 Å². The maximum atomic E-state index is 12.9. The Labute approximate surface area is 202 Å². The molecule has 0 unspecified atom stereocenters. The van der Waals surface area contributed by atoms with Gasteiger partial charge in [-0.3, -0.25) is 9.59 Å². The second-order valence-electron chi connectivity index (χ2n) is 7.94. The van der Waals surface area contributed by atoms with Gasteiger partial charge in [-0.2, -0.15) is 0 Å². The van der Waals surface area contributed by atoms with Crippen LogP contribution in [0.1, 0.15) is 23.2 Å². The number of piperidine rings is 1. The van der Waals surface area contributed by atoms with E-state index < -0.39 is 0 Å². The van der Waals surface area contributed by atoms with Gasteiger partial charge >= 0.3 is 6.03 Å². The van der Waals surface area contributed by atoms with Crippen LogP contribution in [0.4, 0.5) is 22.0 Å². The molecule has 174 valence electrons. The highest BCUT2D eigenvalue weighted by atomic mass is 35.5. The van der Waals surface area contributed by atoms with Crippen molar-refractivity contribution in [2.45, 2.75) is 12.8 Å². The first-order valence-electron chi connectivity index (χ1n) is 10.9. The number of halogens is 1. The summed E-state index contributed by atoms with van der Waals surface area (Å²) in [5, 5.41) is 8.79. The van der Waals surface area contributed by atoms with Gasteiger partial charge in [0.1, 0.15) is 5.82 Å². The van der Waals surface area contributed by atoms with E-state index in [1.807, 2.05) is 18.2 Å². The first kappa shape index (κ1) is 23.3. The Morgan fingerprint density at radius 1 is 0.824 bits per heavy atom. The first-order valence-corrected chi connectivity index (χ1v) is 11.3. The Morgan fingerprint density at radius 3 is 2.09 bits per heavy atom. The Kier molecular flexibility index (Phi) is 7.39. The van der Waals surface area contributed by atoms with Crippen LogP contribution in [-0.2, 0) is 4.79 Å². The van der Waals surface area contributed by atoms with E-state index in [-0.39, 0.29) is 23.8 Å². The van der Waals surface area contributed by atoms with E-state index in [1.54, 1.807) is 53.4 Å². The smallest absolute Gasteiger partial charge is 0.323 e. The molecule has 0 atom stereocenters. The van der Waals surface area contributed by atoms with Gasteiger partial charge in [-0.15, -0.1) is 0 Å². The van der Waals surface area contributed by atoms with Crippen molar-refractivity contribution in [2.75, 3.05) is 29.0 Å². The number of benzene rings is 2. The van der Waals surface area contributed by atoms with Crippen LogP contribution in [0, 0.1) is 5.92 Å². The molecule has 9 heteroatoms. The molecule has 1 fully saturated rings. The fourth-order valence-electron chi connectivity index (χ4n) is 3.72. The highest BCUT2D eigenvalue weighted by Crippen LogP contribution is 2.22. The molecule has 2 heterocycles. The van der Waals surface area contributed by atoms with Crippen LogP contribution in [0.5, 0.6) is 0 Å². The Morgan fingerprint density at radius 2 is 1.47 bits per heavy atom. The van der Waals surface area contributed by atoms with Gasteiger partial charge < -0.3 is 20.9 Å². The lowest BCUT2D eigenvalue weighted by molar-refractivity contribution is -0.121. The van der Waals surface area contributed by atoms with E-state index >= 15 is 0 Å². The minimum atomic E-state index is -0.362. The van der Waals surface area contributed by atoms with E-state index in [0.717, 1.165) is 0 Å². The molecule has 8 nitrogen and oxygen atoms in total. The number of carbonyl (C=O) groups is 3. The summed E-state index contributed by atoms with van der Waals surface area (Å²) in [4.78, 5) is 43.3. The summed E-state index contributed by atoms with van der Waals surface area (Å²) in [6, 6.07) is 18.8. The molecule has 1 aliphatic rings. The molecule has 3 N–H and O–H groups in total. The van der Waals surface area contributed by atoms with Crippen molar-refractivity contribution in [2.24, 2.45) is 5.92 Å². The number of nitrogens with one attached hydrogen (secondary N) is 3. The Balaban J connectivity index is 1.26. The summed E-state index contributed by atoms with van der Waals surface area (Å²) < 4.78 is 0. The van der Waals surface area contributed by atoms with Gasteiger partial charge in [0.05, 0.1) is 5.02 Å². The van der Waals surface area contributed by atoms with Crippen LogP contribution in [0.25, 0.3) is 0 Å². The second kappa shape index (κ2) is 10.8. The normalized spacial score (nSPS) is 13.7. The molecule has 0 radical (unpaired) electrons. The van der Waals surface area contributed by atoms with Gasteiger partial charge in [0.2, 0.25) is 5.91 Å². The number of nitrogens with zero attached hydrogens (tertiary/aromatic N) is 2. The van der Waals surface area contributed by atoms with Crippen molar-refractivity contribution in [3.05, 3.63) is 83.5 Å². The number of pyridine rings is 1. The highest BCUT2D eigenvalue weighted by Gasteiger charge is 2.28. The van der Waals surface area contributed by atoms with Crippen LogP contribution in [-0.4, -0.2) is 40.8 Å². The topological polar surface area (TPSA) is 103 Å². The summed E-state index contributed by atoms with van der Waals surface area (Å²) in [7, 11) is 0. The minimum absolute atomic E-state index is 0.0986. The zero-order valence-corrected chi connectivity index (χ0v) is 19.1. The molecular weight excluding hydrogens is 454 g/mol. The monoisotopic (exact) mass is 477 g/mol. The first-order chi connectivity index (χ1) is 16.5. The fourth-order valence-corrected chi connectivity index (χ4v) is 3.83. The summed E-state index contributed by atoms with van der Waals surface area (Å²) in [5.74, 6) is 0.0694. The third-order valence-corrected chi connectivity index (χ3v) is 5.78. The molecule has 34 heavy (non-hydrogen) atoms. The van der Waals surface area contributed by atoms with Crippen LogP contribution in [0.2, 0.25) is 5.02 Å². The minimum Gasteiger partial charge on any atom is -0.339 e. The number of urea groups is 1. The Hall–Kier alpha value is -3.91. The number of anilines is 3. The third-order valence-electron chi connectivity index (χ3n) is 5.55. The zero-order chi connectivity index (χ0) is 23.9. The summed E-state index contributed by atoms with van der Waals surface area (Å²) in [6.07, 6.45) is 2.63. The number of hydrogen-bond donors (Lipinski definition) is 3. The quantitative estimate of drug-likeness (QED) is 0.487. The van der Waals surface area contributed by atoms with Crippen molar-refractivity contribution in [1.29, 1.82) is 0 Å². The maximum absolute atomic E-state index is 12.9. The fraction of sp³-hybridized carbons (Fsp3) is 0.200. The summed E-state index contributed by atoms with van der Waals surface area (Å²) in [5.41, 5.74) is 1.80. The van der Waals surface area contributed by atoms with E-state index in [9.17, 15) is 14.4 Å². The average molecular weight is 478 g/mol. The van der Waals surface area contributed by atoms with Gasteiger partial charge in [-0.1, -0.05) is 29.8 Å². The molecular formula is C25H24ClN5O3. The van der Waals surface area contributed by atoms with Gasteiger partial charge in [-0.25, -0.2) is 9.78 Å². The van der Waals surface area contributed by atoms with E-state index in [1.165, 1.54) is 6.20 Å². The second-order valence-corrected chi connectivity index (χ2v) is 8.38. The molecule has 1 aromatic heterocycles. The molecule has 0 aliphatic carbocycles. The summed E-state index contributed by atoms with van der Waals surface area (Å²) in [6.45, 7) is 0.981. The van der Waals surface area contributed by atoms with Gasteiger partial charge in [0.25, 0.3) is 5.91 Å². The lowest BCUT2D eigenvalue weighted by Crippen LogP contribution is -2.41. The molecule has 0 saturated carbocycles. The number of carbonyl (C=O) groups excluding carboxylic acids is 3.